The van der Waals surface area contributed by atoms with Crippen molar-refractivity contribution in [3.63, 3.8) is 0 Å². The molecular weight excluding hydrogens is 172 g/mol. The zero-order valence-electron chi connectivity index (χ0n) is 6.36. The quantitative estimate of drug-likeness (QED) is 0.660. The van der Waals surface area contributed by atoms with Gasteiger partial charge in [0.25, 0.3) is 0 Å². The number of rotatable bonds is 2. The lowest BCUT2D eigenvalue weighted by molar-refractivity contribution is 1.35. The molecule has 0 aliphatic rings. The van der Waals surface area contributed by atoms with E-state index in [9.17, 15) is 0 Å². The molecule has 4 heteroatoms. The molecule has 2 N–H and O–H groups in total. The minimum atomic E-state index is -0.688. The van der Waals surface area contributed by atoms with Crippen molar-refractivity contribution >= 4 is 35.7 Å². The van der Waals surface area contributed by atoms with E-state index in [1.54, 1.807) is 0 Å². The molecule has 0 saturated carbocycles. The molecule has 9 heavy (non-hydrogen) atoms. The summed E-state index contributed by atoms with van der Waals surface area (Å²) in [6.45, 7) is 4.32. The maximum atomic E-state index is 5.79. The van der Waals surface area contributed by atoms with Crippen LogP contribution in [-0.4, -0.2) is 20.3 Å². The zero-order valence-corrected chi connectivity index (χ0v) is 9.08. The van der Waals surface area contributed by atoms with E-state index in [2.05, 4.69) is 19.6 Å². The molecule has 0 fully saturated rings. The van der Waals surface area contributed by atoms with Gasteiger partial charge < -0.3 is 5.73 Å². The van der Waals surface area contributed by atoms with Crippen molar-refractivity contribution in [2.45, 2.75) is 24.4 Å². The van der Waals surface area contributed by atoms with Crippen molar-refractivity contribution in [2.24, 2.45) is 5.73 Å². The van der Waals surface area contributed by atoms with Crippen LogP contribution in [0, 0.1) is 0 Å². The fraction of sp³-hybridized carbons (Fsp3) is 1.00. The van der Waals surface area contributed by atoms with Crippen LogP contribution in [0.25, 0.3) is 0 Å². The standard InChI is InChI=1S/2C2H5.CH5N.Al.2ClH/c3*1-2;;;/h2*1H2,2H3;2H2,1H3;;2*1H/q;;;+1;;/p-1. The van der Waals surface area contributed by atoms with Gasteiger partial charge in [-0.3, -0.25) is 10.0 Å². The van der Waals surface area contributed by atoms with Crippen LogP contribution in [0.15, 0.2) is 0 Å². The summed E-state index contributed by atoms with van der Waals surface area (Å²) < 4.78 is 0. The predicted molar refractivity (Wildman–Crippen MR) is 49.9 cm³/mol. The van der Waals surface area contributed by atoms with Gasteiger partial charge in [0.1, 0.15) is 0 Å². The normalized spacial score (nSPS) is 6.33. The van der Waals surface area contributed by atoms with E-state index >= 15 is 0 Å². The first-order valence-electron chi connectivity index (χ1n) is 3.03. The number of hydrogen-bond donors (Lipinski definition) is 1. The molecule has 0 spiro atoms. The summed E-state index contributed by atoms with van der Waals surface area (Å²) in [5.41, 5.74) is 4.50. The Morgan fingerprint density at radius 1 is 1.22 bits per heavy atom. The van der Waals surface area contributed by atoms with Gasteiger partial charge in [0.15, 0.2) is 0 Å². The Balaban J connectivity index is -0.000000109. The van der Waals surface area contributed by atoms with Crippen LogP contribution >= 0.6 is 22.5 Å². The molecule has 0 aliphatic heterocycles. The second-order valence-electron chi connectivity index (χ2n) is 1.41. The molecular formula is C5H16AlCl2N. The van der Waals surface area contributed by atoms with E-state index < -0.39 is 13.2 Å². The number of halogens is 2. The average Bonchev–Trinajstić information content (AvgIpc) is 1.91. The Labute approximate surface area is 73.0 Å². The maximum Gasteiger partial charge on any atom is 0.399 e. The van der Waals surface area contributed by atoms with E-state index in [-0.39, 0.29) is 12.4 Å². The van der Waals surface area contributed by atoms with Gasteiger partial charge in [-0.2, -0.15) is 0 Å². The van der Waals surface area contributed by atoms with Gasteiger partial charge in [0.2, 0.25) is 0 Å². The Kier molecular flexibility index (Phi) is 29.5. The zero-order chi connectivity index (χ0) is 6.99. The fourth-order valence-electron chi connectivity index (χ4n) is 0.289. The molecule has 0 atom stereocenters. The molecule has 1 nitrogen and oxygen atoms in total. The van der Waals surface area contributed by atoms with Crippen molar-refractivity contribution in [1.29, 1.82) is 0 Å². The third kappa shape index (κ3) is 17.6. The van der Waals surface area contributed by atoms with Crippen LogP contribution in [0.3, 0.4) is 0 Å². The molecule has 0 aromatic rings. The molecule has 0 rings (SSSR count). The van der Waals surface area contributed by atoms with Crippen LogP contribution in [0.1, 0.15) is 13.8 Å². The maximum absolute atomic E-state index is 5.79. The van der Waals surface area contributed by atoms with Crippen molar-refractivity contribution in [2.75, 3.05) is 7.05 Å². The van der Waals surface area contributed by atoms with Gasteiger partial charge in [-0.15, -0.1) is 12.4 Å². The summed E-state index contributed by atoms with van der Waals surface area (Å²) in [4.78, 5) is 0. The summed E-state index contributed by atoms with van der Waals surface area (Å²) in [5.74, 6) is 0. The third-order valence-corrected chi connectivity index (χ3v) is 4.51. The first-order chi connectivity index (χ1) is 3.81. The highest BCUT2D eigenvalue weighted by molar-refractivity contribution is 7.06. The lowest BCUT2D eigenvalue weighted by atomic mass is 10.9. The molecule has 0 aliphatic carbocycles. The van der Waals surface area contributed by atoms with Crippen molar-refractivity contribution in [3.05, 3.63) is 0 Å². The molecule has 0 radical (unpaired) electrons. The SMILES string of the molecule is CN.C[CH2][Al]([Cl])[CH2]C.Cl. The first kappa shape index (κ1) is 16.6. The number of nitrogens with two attached hydrogens (primary N) is 1. The fourth-order valence-corrected chi connectivity index (χ4v) is 0.866. The molecule has 0 heterocycles. The third-order valence-electron chi connectivity index (χ3n) is 0.886. The molecule has 0 saturated heterocycles. The lowest BCUT2D eigenvalue weighted by Gasteiger charge is -1.86. The smallest absolute Gasteiger partial charge is 0.333 e. The summed E-state index contributed by atoms with van der Waals surface area (Å²) in [6.07, 6.45) is 0. The second-order valence-corrected chi connectivity index (χ2v) is 6.09. The Morgan fingerprint density at radius 3 is 1.44 bits per heavy atom. The molecule has 0 unspecified atom stereocenters. The van der Waals surface area contributed by atoms with E-state index in [0.29, 0.717) is 0 Å². The Morgan fingerprint density at radius 2 is 1.44 bits per heavy atom. The minimum Gasteiger partial charge on any atom is -0.333 e. The second kappa shape index (κ2) is 16.0. The molecule has 0 aromatic carbocycles. The van der Waals surface area contributed by atoms with Crippen molar-refractivity contribution in [1.82, 2.24) is 0 Å². The van der Waals surface area contributed by atoms with Gasteiger partial charge in [-0.05, 0) is 7.05 Å². The summed E-state index contributed by atoms with van der Waals surface area (Å²) in [7, 11) is 7.29. The van der Waals surface area contributed by atoms with Crippen LogP contribution in [0.5, 0.6) is 0 Å². The van der Waals surface area contributed by atoms with E-state index in [0.717, 1.165) is 0 Å². The largest absolute Gasteiger partial charge is 0.399 e. The summed E-state index contributed by atoms with van der Waals surface area (Å²) >= 11 is -0.688. The van der Waals surface area contributed by atoms with Crippen molar-refractivity contribution < 1.29 is 0 Å². The molecule has 58 valence electrons. The highest BCUT2D eigenvalue weighted by Gasteiger charge is 2.04. The first-order valence-corrected chi connectivity index (χ1v) is 6.41. The lowest BCUT2D eigenvalue weighted by Crippen LogP contribution is -1.95. The van der Waals surface area contributed by atoms with Crippen molar-refractivity contribution in [3.8, 4) is 0 Å². The van der Waals surface area contributed by atoms with Crippen LogP contribution in [-0.2, 0) is 0 Å². The van der Waals surface area contributed by atoms with Crippen LogP contribution in [0.2, 0.25) is 10.6 Å². The average molecular weight is 188 g/mol. The number of hydrogen-bond acceptors (Lipinski definition) is 1. The topological polar surface area (TPSA) is 26.0 Å². The monoisotopic (exact) mass is 187 g/mol. The Bertz CT molecular complexity index is 34.1. The minimum absolute atomic E-state index is 0. The predicted octanol–water partition coefficient (Wildman–Crippen LogP) is 2.25. The Hall–Kier alpha value is 1.07. The van der Waals surface area contributed by atoms with E-state index in [1.165, 1.54) is 17.6 Å². The molecule has 0 aromatic heterocycles. The van der Waals surface area contributed by atoms with Crippen LogP contribution < -0.4 is 5.73 Å². The van der Waals surface area contributed by atoms with Crippen LogP contribution in [0.4, 0.5) is 0 Å². The molecule has 0 bridgehead atoms. The highest BCUT2D eigenvalue weighted by atomic mass is 35.6. The highest BCUT2D eigenvalue weighted by Crippen LogP contribution is 2.00. The van der Waals surface area contributed by atoms with E-state index in [1.807, 2.05) is 0 Å². The summed E-state index contributed by atoms with van der Waals surface area (Å²) in [6, 6.07) is 0. The molecule has 0 amide bonds. The van der Waals surface area contributed by atoms with Gasteiger partial charge in [0, 0.05) is 0 Å². The van der Waals surface area contributed by atoms with Gasteiger partial charge in [0.05, 0.1) is 0 Å². The van der Waals surface area contributed by atoms with Gasteiger partial charge in [-0.25, -0.2) is 0 Å². The van der Waals surface area contributed by atoms with Gasteiger partial charge >= 0.3 is 13.2 Å². The summed E-state index contributed by atoms with van der Waals surface area (Å²) in [5, 5.41) is 2.47. The van der Waals surface area contributed by atoms with Gasteiger partial charge in [-0.1, -0.05) is 24.4 Å². The van der Waals surface area contributed by atoms with E-state index in [4.69, 9.17) is 10.0 Å².